The lowest BCUT2D eigenvalue weighted by Gasteiger charge is -2.58. The third-order valence-electron chi connectivity index (χ3n) is 6.16. The first-order chi connectivity index (χ1) is 16.4. The Balaban J connectivity index is 1.72. The summed E-state index contributed by atoms with van der Waals surface area (Å²) >= 11 is 5.75. The molecule has 2 aliphatic heterocycles. The van der Waals surface area contributed by atoms with Crippen LogP contribution in [-0.2, 0) is 20.5 Å². The summed E-state index contributed by atoms with van der Waals surface area (Å²) in [6.45, 7) is 0.504. The molecule has 0 N–H and O–H groups in total. The smallest absolute Gasteiger partial charge is 0.416 e. The van der Waals surface area contributed by atoms with Crippen LogP contribution in [-0.4, -0.2) is 65.0 Å². The van der Waals surface area contributed by atoms with Gasteiger partial charge in [0.2, 0.25) is 5.91 Å². The minimum Gasteiger partial charge on any atom is -0.453 e. The normalized spacial score (nSPS) is 18.5. The van der Waals surface area contributed by atoms with Gasteiger partial charge in [-0.1, -0.05) is 23.7 Å². The van der Waals surface area contributed by atoms with Crippen LogP contribution in [0.3, 0.4) is 0 Å². The zero-order valence-electron chi connectivity index (χ0n) is 18.5. The molecule has 4 rings (SSSR count). The summed E-state index contributed by atoms with van der Waals surface area (Å²) < 4.78 is 58.2. The fourth-order valence-corrected chi connectivity index (χ4v) is 4.62. The molecule has 2 saturated heterocycles. The topological polar surface area (TPSA) is 83.0 Å². The van der Waals surface area contributed by atoms with Crippen molar-refractivity contribution in [3.05, 3.63) is 58.5 Å². The number of pyridine rings is 1. The average molecular weight is 515 g/mol. The number of ether oxygens (including phenoxy) is 1. The number of nitrogens with zero attached hydrogens (tertiary/aromatic N) is 4. The maximum Gasteiger partial charge on any atom is 0.416 e. The first kappa shape index (κ1) is 24.7. The SMILES string of the molecule is COC(=O)N1CC2(C1)C(=O)N(c1ncc(Cl)cc1F)CC(=O)N2[C@@H](C)c1ccc(C(F)(F)F)cc1. The van der Waals surface area contributed by atoms with Crippen molar-refractivity contribution in [1.82, 2.24) is 14.8 Å². The molecule has 1 atom stereocenters. The number of benzene rings is 1. The molecule has 35 heavy (non-hydrogen) atoms. The Labute approximate surface area is 202 Å². The van der Waals surface area contributed by atoms with Crippen LogP contribution in [0.15, 0.2) is 36.5 Å². The molecule has 1 aromatic carbocycles. The zero-order valence-corrected chi connectivity index (χ0v) is 19.2. The van der Waals surface area contributed by atoms with E-state index in [9.17, 15) is 31.9 Å². The number of carbonyl (C=O) groups excluding carboxylic acids is 3. The highest BCUT2D eigenvalue weighted by Gasteiger charge is 2.62. The predicted molar refractivity (Wildman–Crippen MR) is 115 cm³/mol. The van der Waals surface area contributed by atoms with Gasteiger partial charge in [-0.3, -0.25) is 14.5 Å². The quantitative estimate of drug-likeness (QED) is 0.584. The first-order valence-corrected chi connectivity index (χ1v) is 10.7. The molecule has 0 unspecified atom stereocenters. The Bertz CT molecular complexity index is 1180. The molecule has 8 nitrogen and oxygen atoms in total. The first-order valence-electron chi connectivity index (χ1n) is 10.3. The van der Waals surface area contributed by atoms with Crippen molar-refractivity contribution in [2.45, 2.75) is 24.7 Å². The second kappa shape index (κ2) is 8.67. The van der Waals surface area contributed by atoms with Crippen LogP contribution < -0.4 is 4.90 Å². The molecule has 2 fully saturated rings. The van der Waals surface area contributed by atoms with Gasteiger partial charge >= 0.3 is 12.3 Å². The number of methoxy groups -OCH3 is 1. The van der Waals surface area contributed by atoms with Gasteiger partial charge in [0.25, 0.3) is 5.91 Å². The lowest BCUT2D eigenvalue weighted by molar-refractivity contribution is -0.165. The molecule has 0 saturated carbocycles. The summed E-state index contributed by atoms with van der Waals surface area (Å²) in [5.74, 6) is -2.60. The lowest BCUT2D eigenvalue weighted by Crippen LogP contribution is -2.81. The number of carbonyl (C=O) groups is 3. The number of rotatable bonds is 3. The second-order valence-electron chi connectivity index (χ2n) is 8.27. The Morgan fingerprint density at radius 1 is 1.20 bits per heavy atom. The lowest BCUT2D eigenvalue weighted by atomic mass is 9.82. The number of halogens is 5. The van der Waals surface area contributed by atoms with E-state index in [1.54, 1.807) is 6.92 Å². The zero-order chi connectivity index (χ0) is 25.7. The van der Waals surface area contributed by atoms with Gasteiger partial charge in [-0.25, -0.2) is 14.2 Å². The Morgan fingerprint density at radius 2 is 1.83 bits per heavy atom. The Hall–Kier alpha value is -3.41. The van der Waals surface area contributed by atoms with E-state index in [4.69, 9.17) is 11.6 Å². The van der Waals surface area contributed by atoms with Gasteiger partial charge in [0.05, 0.1) is 36.8 Å². The van der Waals surface area contributed by atoms with Gasteiger partial charge in [0, 0.05) is 6.20 Å². The Morgan fingerprint density at radius 3 is 2.37 bits per heavy atom. The van der Waals surface area contributed by atoms with Gasteiger partial charge in [-0.15, -0.1) is 0 Å². The highest BCUT2D eigenvalue weighted by molar-refractivity contribution is 6.30. The number of hydrogen-bond acceptors (Lipinski definition) is 5. The molecular weight excluding hydrogens is 496 g/mol. The van der Waals surface area contributed by atoms with Crippen LogP contribution in [0.5, 0.6) is 0 Å². The van der Waals surface area contributed by atoms with Gasteiger partial charge in [-0.05, 0) is 30.7 Å². The molecule has 0 radical (unpaired) electrons. The highest BCUT2D eigenvalue weighted by atomic mass is 35.5. The second-order valence-corrected chi connectivity index (χ2v) is 8.70. The van der Waals surface area contributed by atoms with Crippen LogP contribution in [0, 0.1) is 5.82 Å². The molecule has 2 aromatic rings. The maximum absolute atomic E-state index is 14.6. The van der Waals surface area contributed by atoms with Crippen LogP contribution in [0.1, 0.15) is 24.1 Å². The van der Waals surface area contributed by atoms with Gasteiger partial charge in [0.15, 0.2) is 17.2 Å². The van der Waals surface area contributed by atoms with E-state index in [0.29, 0.717) is 5.56 Å². The summed E-state index contributed by atoms with van der Waals surface area (Å²) in [7, 11) is 1.16. The number of alkyl halides is 3. The number of amides is 3. The molecule has 1 aromatic heterocycles. The number of hydrogen-bond donors (Lipinski definition) is 0. The van der Waals surface area contributed by atoms with Crippen molar-refractivity contribution in [2.75, 3.05) is 31.6 Å². The van der Waals surface area contributed by atoms with Crippen molar-refractivity contribution >= 4 is 35.3 Å². The van der Waals surface area contributed by atoms with E-state index in [-0.39, 0.29) is 18.1 Å². The molecule has 2 aliphatic rings. The van der Waals surface area contributed by atoms with E-state index in [2.05, 4.69) is 9.72 Å². The van der Waals surface area contributed by atoms with Crippen LogP contribution in [0.2, 0.25) is 5.02 Å². The number of piperazine rings is 1. The fraction of sp³-hybridized carbons (Fsp3) is 0.364. The van der Waals surface area contributed by atoms with Crippen molar-refractivity contribution in [1.29, 1.82) is 0 Å². The molecular formula is C22H19ClF4N4O4. The summed E-state index contributed by atoms with van der Waals surface area (Å²) in [6, 6.07) is 4.34. The predicted octanol–water partition coefficient (Wildman–Crippen LogP) is 3.65. The number of aromatic nitrogens is 1. The standard InChI is InChI=1S/C22H19ClF4N4O4/c1-12(13-3-5-14(6-4-13)22(25,26)27)31-17(32)9-30(18-16(24)7-15(23)8-28-18)19(33)21(31)10-29(11-21)20(34)35-2/h3-8,12H,9-11H2,1-2H3/t12-/m0/s1. The molecule has 3 heterocycles. The highest BCUT2D eigenvalue weighted by Crippen LogP contribution is 2.41. The van der Waals surface area contributed by atoms with Crippen molar-refractivity contribution < 1.29 is 36.7 Å². The minimum absolute atomic E-state index is 0.00480. The third-order valence-corrected chi connectivity index (χ3v) is 6.36. The summed E-state index contributed by atoms with van der Waals surface area (Å²) in [5, 5.41) is -0.00480. The third kappa shape index (κ3) is 4.15. The summed E-state index contributed by atoms with van der Waals surface area (Å²) in [4.78, 5) is 46.2. The van der Waals surface area contributed by atoms with Crippen molar-refractivity contribution in [3.8, 4) is 0 Å². The van der Waals surface area contributed by atoms with E-state index < -0.39 is 59.4 Å². The largest absolute Gasteiger partial charge is 0.453 e. The Kier molecular flexibility index (Phi) is 6.12. The molecule has 3 amide bonds. The fourth-order valence-electron chi connectivity index (χ4n) is 4.47. The maximum atomic E-state index is 14.6. The van der Waals surface area contributed by atoms with E-state index in [1.807, 2.05) is 0 Å². The van der Waals surface area contributed by atoms with Gasteiger partial charge in [0.1, 0.15) is 6.54 Å². The van der Waals surface area contributed by atoms with E-state index in [1.165, 1.54) is 21.9 Å². The van der Waals surface area contributed by atoms with E-state index >= 15 is 0 Å². The number of anilines is 1. The molecule has 1 spiro atoms. The monoisotopic (exact) mass is 514 g/mol. The van der Waals surface area contributed by atoms with Crippen molar-refractivity contribution in [3.63, 3.8) is 0 Å². The van der Waals surface area contributed by atoms with Gasteiger partial charge in [-0.2, -0.15) is 13.2 Å². The number of likely N-dealkylation sites (tertiary alicyclic amines) is 1. The molecule has 0 bridgehead atoms. The summed E-state index contributed by atoms with van der Waals surface area (Å²) in [6.07, 6.45) is -4.14. The average Bonchev–Trinajstić information content (AvgIpc) is 2.77. The molecule has 13 heteroatoms. The molecule has 0 aliphatic carbocycles. The van der Waals surface area contributed by atoms with Crippen molar-refractivity contribution in [2.24, 2.45) is 0 Å². The van der Waals surface area contributed by atoms with Crippen LogP contribution in [0.25, 0.3) is 0 Å². The minimum atomic E-state index is -4.54. The van der Waals surface area contributed by atoms with E-state index in [0.717, 1.165) is 36.4 Å². The summed E-state index contributed by atoms with van der Waals surface area (Å²) in [5.41, 5.74) is -2.11. The van der Waals surface area contributed by atoms with Crippen LogP contribution >= 0.6 is 11.6 Å². The van der Waals surface area contributed by atoms with Crippen LogP contribution in [0.4, 0.5) is 28.2 Å². The molecule has 186 valence electrons. The van der Waals surface area contributed by atoms with Gasteiger partial charge < -0.3 is 14.5 Å².